The minimum absolute atomic E-state index is 0.0514. The summed E-state index contributed by atoms with van der Waals surface area (Å²) < 4.78 is 31.8. The van der Waals surface area contributed by atoms with E-state index in [1.165, 1.54) is 16.6 Å². The zero-order valence-electron chi connectivity index (χ0n) is 15.0. The molecule has 0 radical (unpaired) electrons. The molecule has 2 aromatic rings. The number of carbonyl (C=O) groups is 1. The number of aromatic nitrogens is 1. The summed E-state index contributed by atoms with van der Waals surface area (Å²) in [5, 5.41) is 3.21. The highest BCUT2D eigenvalue weighted by Crippen LogP contribution is 2.27. The molecule has 2 N–H and O–H groups in total. The first-order valence-electron chi connectivity index (χ1n) is 8.33. The molecule has 1 aliphatic rings. The average Bonchev–Trinajstić information content (AvgIpc) is 3.13. The van der Waals surface area contributed by atoms with E-state index in [-0.39, 0.29) is 10.6 Å². The van der Waals surface area contributed by atoms with E-state index in [4.69, 9.17) is 16.3 Å². The van der Waals surface area contributed by atoms with Crippen LogP contribution in [0.5, 0.6) is 0 Å². The lowest BCUT2D eigenvalue weighted by molar-refractivity contribution is 0.0730. The number of nitrogens with one attached hydrogen (secondary N) is 2. The molecule has 1 saturated heterocycles. The predicted octanol–water partition coefficient (Wildman–Crippen LogP) is 2.01. The number of hydrogen-bond donors (Lipinski definition) is 2. The summed E-state index contributed by atoms with van der Waals surface area (Å²) in [6.07, 6.45) is 1.32. The Morgan fingerprint density at radius 3 is 2.59 bits per heavy atom. The fraction of sp³-hybridized carbons (Fsp3) is 0.353. The molecule has 1 aromatic carbocycles. The van der Waals surface area contributed by atoms with E-state index in [9.17, 15) is 13.2 Å². The van der Waals surface area contributed by atoms with Crippen molar-refractivity contribution in [3.8, 4) is 0 Å². The number of nitrogens with zero attached hydrogens (tertiary/aromatic N) is 2. The number of morpholine rings is 1. The number of ether oxygens (including phenoxy) is 1. The monoisotopic (exact) mass is 412 g/mol. The molecule has 0 unspecified atom stereocenters. The van der Waals surface area contributed by atoms with Crippen LogP contribution in [-0.2, 0) is 14.8 Å². The van der Waals surface area contributed by atoms with E-state index < -0.39 is 15.9 Å². The molecule has 1 fully saturated rings. The minimum atomic E-state index is -3.65. The first-order valence-corrected chi connectivity index (χ1v) is 10.2. The number of benzene rings is 1. The van der Waals surface area contributed by atoms with Crippen molar-refractivity contribution in [1.82, 2.24) is 9.29 Å². The smallest absolute Gasteiger partial charge is 0.272 e. The van der Waals surface area contributed by atoms with Gasteiger partial charge in [0.15, 0.2) is 0 Å². The number of rotatable bonds is 5. The molecule has 2 heterocycles. The van der Waals surface area contributed by atoms with Crippen LogP contribution in [0, 0.1) is 0 Å². The molecule has 10 heteroatoms. The van der Waals surface area contributed by atoms with Crippen molar-refractivity contribution in [3.05, 3.63) is 41.2 Å². The van der Waals surface area contributed by atoms with Crippen molar-refractivity contribution in [2.75, 3.05) is 50.6 Å². The molecule has 146 valence electrons. The van der Waals surface area contributed by atoms with Crippen molar-refractivity contribution in [2.45, 2.75) is 4.90 Å². The van der Waals surface area contributed by atoms with Crippen LogP contribution in [-0.4, -0.2) is 64.0 Å². The standard InChI is InChI=1S/C17H21ClN4O4S/c1-21(2)16-4-3-12(9-14(16)18)20-17(23)15-10-13(11-19-15)27(24,25)22-5-7-26-8-6-22/h3-4,9-11,19H,5-8H2,1-2H3,(H,20,23). The average molecular weight is 413 g/mol. The van der Waals surface area contributed by atoms with Crippen molar-refractivity contribution in [3.63, 3.8) is 0 Å². The highest BCUT2D eigenvalue weighted by Gasteiger charge is 2.28. The van der Waals surface area contributed by atoms with Gasteiger partial charge in [-0.3, -0.25) is 4.79 Å². The summed E-state index contributed by atoms with van der Waals surface area (Å²) in [4.78, 5) is 17.1. The topological polar surface area (TPSA) is 94.7 Å². The van der Waals surface area contributed by atoms with Gasteiger partial charge in [0.25, 0.3) is 5.91 Å². The van der Waals surface area contributed by atoms with Crippen molar-refractivity contribution in [1.29, 1.82) is 0 Å². The normalized spacial score (nSPS) is 15.5. The van der Waals surface area contributed by atoms with E-state index >= 15 is 0 Å². The Morgan fingerprint density at radius 2 is 1.96 bits per heavy atom. The highest BCUT2D eigenvalue weighted by molar-refractivity contribution is 7.89. The number of H-pyrrole nitrogens is 1. The van der Waals surface area contributed by atoms with Crippen LogP contribution >= 0.6 is 11.6 Å². The third kappa shape index (κ3) is 4.27. The second-order valence-corrected chi connectivity index (χ2v) is 8.63. The zero-order chi connectivity index (χ0) is 19.6. The van der Waals surface area contributed by atoms with Gasteiger partial charge in [0.1, 0.15) is 10.6 Å². The summed E-state index contributed by atoms with van der Waals surface area (Å²) >= 11 is 6.21. The molecule has 8 nitrogen and oxygen atoms in total. The van der Waals surface area contributed by atoms with Crippen molar-refractivity contribution < 1.29 is 17.9 Å². The van der Waals surface area contributed by atoms with E-state index in [0.717, 1.165) is 5.69 Å². The van der Waals surface area contributed by atoms with Gasteiger partial charge in [0.2, 0.25) is 10.0 Å². The number of anilines is 2. The fourth-order valence-corrected chi connectivity index (χ4v) is 4.49. The Kier molecular flexibility index (Phi) is 5.75. The van der Waals surface area contributed by atoms with Gasteiger partial charge in [-0.15, -0.1) is 0 Å². The van der Waals surface area contributed by atoms with Gasteiger partial charge in [-0.25, -0.2) is 8.42 Å². The number of amides is 1. The van der Waals surface area contributed by atoms with Gasteiger partial charge in [-0.2, -0.15) is 4.31 Å². The Balaban J connectivity index is 1.74. The Hall–Kier alpha value is -2.07. The molecule has 1 aromatic heterocycles. The van der Waals surface area contributed by atoms with Crippen LogP contribution in [0.3, 0.4) is 0 Å². The molecular weight excluding hydrogens is 392 g/mol. The second kappa shape index (κ2) is 7.89. The van der Waals surface area contributed by atoms with E-state index in [2.05, 4.69) is 10.3 Å². The van der Waals surface area contributed by atoms with Gasteiger partial charge in [0.05, 0.1) is 23.9 Å². The maximum atomic E-state index is 12.6. The number of aromatic amines is 1. The highest BCUT2D eigenvalue weighted by atomic mass is 35.5. The molecule has 0 saturated carbocycles. The lowest BCUT2D eigenvalue weighted by atomic mass is 10.2. The molecular formula is C17H21ClN4O4S. The molecule has 1 amide bonds. The fourth-order valence-electron chi connectivity index (χ4n) is 2.74. The largest absolute Gasteiger partial charge is 0.379 e. The lowest BCUT2D eigenvalue weighted by Crippen LogP contribution is -2.40. The Morgan fingerprint density at radius 1 is 1.26 bits per heavy atom. The molecule has 0 aliphatic carbocycles. The van der Waals surface area contributed by atoms with Crippen LogP contribution in [0.4, 0.5) is 11.4 Å². The van der Waals surface area contributed by atoms with E-state index in [1.54, 1.807) is 18.2 Å². The van der Waals surface area contributed by atoms with Crippen LogP contribution in [0.15, 0.2) is 35.4 Å². The first kappa shape index (κ1) is 19.7. The lowest BCUT2D eigenvalue weighted by Gasteiger charge is -2.25. The minimum Gasteiger partial charge on any atom is -0.379 e. The summed E-state index contributed by atoms with van der Waals surface area (Å²) in [5.74, 6) is -0.452. The van der Waals surface area contributed by atoms with Crippen LogP contribution in [0.25, 0.3) is 0 Å². The third-order valence-electron chi connectivity index (χ3n) is 4.20. The Labute approximate surface area is 163 Å². The molecule has 0 spiro atoms. The van der Waals surface area contributed by atoms with Crippen LogP contribution < -0.4 is 10.2 Å². The van der Waals surface area contributed by atoms with Gasteiger partial charge >= 0.3 is 0 Å². The second-order valence-electron chi connectivity index (χ2n) is 6.28. The van der Waals surface area contributed by atoms with E-state index in [0.29, 0.717) is 37.0 Å². The SMILES string of the molecule is CN(C)c1ccc(NC(=O)c2cc(S(=O)(=O)N3CCOCC3)c[nH]2)cc1Cl. The first-order chi connectivity index (χ1) is 12.8. The molecule has 0 bridgehead atoms. The molecule has 3 rings (SSSR count). The number of sulfonamides is 1. The van der Waals surface area contributed by atoms with Gasteiger partial charge in [-0.05, 0) is 24.3 Å². The number of hydrogen-bond acceptors (Lipinski definition) is 5. The van der Waals surface area contributed by atoms with Gasteiger partial charge in [0, 0.05) is 39.1 Å². The van der Waals surface area contributed by atoms with E-state index in [1.807, 2.05) is 19.0 Å². The molecule has 0 atom stereocenters. The third-order valence-corrected chi connectivity index (χ3v) is 6.38. The maximum Gasteiger partial charge on any atom is 0.272 e. The van der Waals surface area contributed by atoms with Crippen LogP contribution in [0.2, 0.25) is 5.02 Å². The summed E-state index contributed by atoms with van der Waals surface area (Å²) in [6.45, 7) is 1.32. The Bertz CT molecular complexity index is 936. The summed E-state index contributed by atoms with van der Waals surface area (Å²) in [5.41, 5.74) is 1.49. The van der Waals surface area contributed by atoms with Gasteiger partial charge in [-0.1, -0.05) is 11.6 Å². The predicted molar refractivity (Wildman–Crippen MR) is 104 cm³/mol. The quantitative estimate of drug-likeness (QED) is 0.783. The zero-order valence-corrected chi connectivity index (χ0v) is 16.6. The summed E-state index contributed by atoms with van der Waals surface area (Å²) in [7, 11) is 0.0858. The van der Waals surface area contributed by atoms with Crippen LogP contribution in [0.1, 0.15) is 10.5 Å². The summed E-state index contributed by atoms with van der Waals surface area (Å²) in [6, 6.07) is 6.49. The number of halogens is 1. The molecule has 1 aliphatic heterocycles. The number of carbonyl (C=O) groups excluding carboxylic acids is 1. The van der Waals surface area contributed by atoms with Crippen molar-refractivity contribution in [2.24, 2.45) is 0 Å². The molecule has 27 heavy (non-hydrogen) atoms. The van der Waals surface area contributed by atoms with Crippen molar-refractivity contribution >= 4 is 38.9 Å². The maximum absolute atomic E-state index is 12.6. The van der Waals surface area contributed by atoms with Gasteiger partial charge < -0.3 is 19.9 Å².